The number of hydrogen-bond donors (Lipinski definition) is 0. The van der Waals surface area contributed by atoms with E-state index >= 15 is 0 Å². The van der Waals surface area contributed by atoms with E-state index in [1.165, 1.54) is 51.6 Å². The molecule has 1 heterocycles. The Labute approximate surface area is 108 Å². The van der Waals surface area contributed by atoms with Crippen LogP contribution < -0.4 is 0 Å². The van der Waals surface area contributed by atoms with Crippen LogP contribution in [0.4, 0.5) is 0 Å². The Bertz CT molecular complexity index is 240. The quantitative estimate of drug-likeness (QED) is 0.688. The molecule has 0 N–H and O–H groups in total. The van der Waals surface area contributed by atoms with Gasteiger partial charge in [-0.1, -0.05) is 13.8 Å². The third-order valence-electron chi connectivity index (χ3n) is 4.80. The Hall–Kier alpha value is -0.0400. The minimum atomic E-state index is 0.748. The normalized spacial score (nSPS) is 28.9. The lowest BCUT2D eigenvalue weighted by molar-refractivity contribution is 0.118. The van der Waals surface area contributed by atoms with E-state index in [-0.39, 0.29) is 0 Å². The van der Waals surface area contributed by atoms with Crippen LogP contribution in [0, 0.1) is 17.3 Å². The summed E-state index contributed by atoms with van der Waals surface area (Å²) >= 11 is 0. The van der Waals surface area contributed by atoms with Crippen LogP contribution in [0.15, 0.2) is 0 Å². The minimum absolute atomic E-state index is 0.748. The molecule has 1 aliphatic carbocycles. The number of likely N-dealkylation sites (tertiary alicyclic amines) is 1. The molecule has 17 heavy (non-hydrogen) atoms. The van der Waals surface area contributed by atoms with E-state index in [0.29, 0.717) is 0 Å². The molecule has 1 saturated carbocycles. The molecular weight excluding hydrogens is 206 g/mol. The number of nitrogens with zero attached hydrogens (tertiary/aromatic N) is 1. The SMILES string of the molecule is CC(C)CC1(CC2CCCN(C(C)C)C2)CC1. The van der Waals surface area contributed by atoms with Crippen molar-refractivity contribution in [2.24, 2.45) is 17.3 Å². The van der Waals surface area contributed by atoms with Gasteiger partial charge in [-0.3, -0.25) is 0 Å². The first-order chi connectivity index (χ1) is 8.01. The zero-order valence-electron chi connectivity index (χ0n) is 12.3. The second kappa shape index (κ2) is 5.30. The Morgan fingerprint density at radius 3 is 2.41 bits per heavy atom. The van der Waals surface area contributed by atoms with Gasteiger partial charge in [-0.25, -0.2) is 0 Å². The van der Waals surface area contributed by atoms with E-state index in [1.807, 2.05) is 0 Å². The monoisotopic (exact) mass is 237 g/mol. The van der Waals surface area contributed by atoms with Gasteiger partial charge in [-0.05, 0) is 76.2 Å². The molecule has 2 rings (SSSR count). The molecule has 1 aliphatic heterocycles. The van der Waals surface area contributed by atoms with Gasteiger partial charge in [-0.2, -0.15) is 0 Å². The molecule has 0 spiro atoms. The molecule has 1 saturated heterocycles. The zero-order chi connectivity index (χ0) is 12.5. The molecule has 1 heteroatoms. The van der Waals surface area contributed by atoms with Gasteiger partial charge in [0.25, 0.3) is 0 Å². The van der Waals surface area contributed by atoms with Crippen molar-refractivity contribution in [3.05, 3.63) is 0 Å². The molecule has 1 nitrogen and oxygen atoms in total. The fourth-order valence-electron chi connectivity index (χ4n) is 3.88. The highest BCUT2D eigenvalue weighted by atomic mass is 15.2. The molecule has 0 aromatic heterocycles. The van der Waals surface area contributed by atoms with Crippen LogP contribution in [0.1, 0.15) is 66.2 Å². The minimum Gasteiger partial charge on any atom is -0.301 e. The van der Waals surface area contributed by atoms with E-state index in [4.69, 9.17) is 0 Å². The predicted octanol–water partition coefficient (Wildman–Crippen LogP) is 4.32. The summed E-state index contributed by atoms with van der Waals surface area (Å²) in [7, 11) is 0. The van der Waals surface area contributed by atoms with Crippen molar-refractivity contribution in [2.75, 3.05) is 13.1 Å². The van der Waals surface area contributed by atoms with Gasteiger partial charge in [0.1, 0.15) is 0 Å². The summed E-state index contributed by atoms with van der Waals surface area (Å²) < 4.78 is 0. The Balaban J connectivity index is 1.82. The highest BCUT2D eigenvalue weighted by molar-refractivity contribution is 4.96. The first-order valence-corrected chi connectivity index (χ1v) is 7.75. The van der Waals surface area contributed by atoms with Crippen LogP contribution in [0.25, 0.3) is 0 Å². The van der Waals surface area contributed by atoms with Crippen LogP contribution in [-0.2, 0) is 0 Å². The maximum atomic E-state index is 2.69. The summed E-state index contributed by atoms with van der Waals surface area (Å²) in [5.41, 5.74) is 0.777. The highest BCUT2D eigenvalue weighted by Gasteiger charge is 2.44. The lowest BCUT2D eigenvalue weighted by Crippen LogP contribution is -2.40. The van der Waals surface area contributed by atoms with Gasteiger partial charge in [0.05, 0.1) is 0 Å². The van der Waals surface area contributed by atoms with Crippen molar-refractivity contribution in [3.63, 3.8) is 0 Å². The molecule has 100 valence electrons. The van der Waals surface area contributed by atoms with Crippen LogP contribution in [0.3, 0.4) is 0 Å². The molecule has 2 aliphatic rings. The summed E-state index contributed by atoms with van der Waals surface area (Å²) in [4.78, 5) is 2.69. The molecule has 0 aromatic rings. The fraction of sp³-hybridized carbons (Fsp3) is 1.00. The maximum absolute atomic E-state index is 2.69. The Morgan fingerprint density at radius 2 is 1.88 bits per heavy atom. The van der Waals surface area contributed by atoms with Gasteiger partial charge >= 0.3 is 0 Å². The topological polar surface area (TPSA) is 3.24 Å². The summed E-state index contributed by atoms with van der Waals surface area (Å²) in [5, 5.41) is 0. The highest BCUT2D eigenvalue weighted by Crippen LogP contribution is 2.55. The van der Waals surface area contributed by atoms with E-state index in [9.17, 15) is 0 Å². The summed E-state index contributed by atoms with van der Waals surface area (Å²) in [6.07, 6.45) is 8.95. The first kappa shape index (κ1) is 13.4. The van der Waals surface area contributed by atoms with Crippen LogP contribution in [0.2, 0.25) is 0 Å². The van der Waals surface area contributed by atoms with Crippen molar-refractivity contribution >= 4 is 0 Å². The predicted molar refractivity (Wildman–Crippen MR) is 75.2 cm³/mol. The molecule has 0 aromatic carbocycles. The number of piperidine rings is 1. The van der Waals surface area contributed by atoms with Crippen LogP contribution in [0.5, 0.6) is 0 Å². The molecule has 0 bridgehead atoms. The molecule has 0 radical (unpaired) electrons. The Kier molecular flexibility index (Phi) is 4.18. The van der Waals surface area contributed by atoms with Gasteiger partial charge in [0.2, 0.25) is 0 Å². The van der Waals surface area contributed by atoms with Gasteiger partial charge in [0, 0.05) is 12.6 Å². The largest absolute Gasteiger partial charge is 0.301 e. The number of rotatable bonds is 5. The maximum Gasteiger partial charge on any atom is 0.00387 e. The summed E-state index contributed by atoms with van der Waals surface area (Å²) in [6, 6.07) is 0.748. The fourth-order valence-corrected chi connectivity index (χ4v) is 3.88. The molecule has 0 amide bonds. The first-order valence-electron chi connectivity index (χ1n) is 7.75. The molecule has 1 atom stereocenters. The van der Waals surface area contributed by atoms with Crippen molar-refractivity contribution in [1.29, 1.82) is 0 Å². The van der Waals surface area contributed by atoms with Gasteiger partial charge in [-0.15, -0.1) is 0 Å². The van der Waals surface area contributed by atoms with Crippen molar-refractivity contribution in [3.8, 4) is 0 Å². The second-order valence-electron chi connectivity index (χ2n) is 7.40. The lowest BCUT2D eigenvalue weighted by atomic mass is 9.82. The summed E-state index contributed by atoms with van der Waals surface area (Å²) in [5.74, 6) is 1.88. The van der Waals surface area contributed by atoms with Crippen molar-refractivity contribution < 1.29 is 0 Å². The smallest absolute Gasteiger partial charge is 0.00387 e. The van der Waals surface area contributed by atoms with E-state index in [2.05, 4.69) is 32.6 Å². The zero-order valence-corrected chi connectivity index (χ0v) is 12.3. The molecular formula is C16H31N. The van der Waals surface area contributed by atoms with Crippen LogP contribution >= 0.6 is 0 Å². The molecule has 1 unspecified atom stereocenters. The van der Waals surface area contributed by atoms with E-state index in [0.717, 1.165) is 23.3 Å². The van der Waals surface area contributed by atoms with Crippen molar-refractivity contribution in [1.82, 2.24) is 4.90 Å². The van der Waals surface area contributed by atoms with E-state index in [1.54, 1.807) is 0 Å². The third-order valence-corrected chi connectivity index (χ3v) is 4.80. The molecule has 2 fully saturated rings. The average molecular weight is 237 g/mol. The van der Waals surface area contributed by atoms with E-state index < -0.39 is 0 Å². The summed E-state index contributed by atoms with van der Waals surface area (Å²) in [6.45, 7) is 12.2. The standard InChI is InChI=1S/C16H31N/c1-13(2)10-16(7-8-16)11-15-6-5-9-17(12-15)14(3)4/h13-15H,5-12H2,1-4H3. The third kappa shape index (κ3) is 3.71. The average Bonchev–Trinajstić information content (AvgIpc) is 2.96. The number of hydrogen-bond acceptors (Lipinski definition) is 1. The Morgan fingerprint density at radius 1 is 1.18 bits per heavy atom. The van der Waals surface area contributed by atoms with Gasteiger partial charge in [0.15, 0.2) is 0 Å². The lowest BCUT2D eigenvalue weighted by Gasteiger charge is -2.37. The van der Waals surface area contributed by atoms with Gasteiger partial charge < -0.3 is 4.90 Å². The van der Waals surface area contributed by atoms with Crippen molar-refractivity contribution in [2.45, 2.75) is 72.3 Å². The van der Waals surface area contributed by atoms with Crippen LogP contribution in [-0.4, -0.2) is 24.0 Å². The second-order valence-corrected chi connectivity index (χ2v) is 7.40.